The Hall–Kier alpha value is -1.22. The van der Waals surface area contributed by atoms with Crippen molar-refractivity contribution in [1.82, 2.24) is 0 Å². The molecule has 1 aromatic carbocycles. The van der Waals surface area contributed by atoms with Crippen LogP contribution in [-0.4, -0.2) is 0 Å². The molecule has 0 aliphatic rings. The van der Waals surface area contributed by atoms with E-state index in [1.54, 1.807) is 0 Å². The predicted octanol–water partition coefficient (Wildman–Crippen LogP) is 3.72. The third-order valence-electron chi connectivity index (χ3n) is 2.66. The van der Waals surface area contributed by atoms with E-state index in [0.717, 1.165) is 0 Å². The normalized spacial score (nSPS) is 11.4. The molecule has 0 heteroatoms. The van der Waals surface area contributed by atoms with E-state index in [0.29, 0.717) is 5.92 Å². The largest absolute Gasteiger partial charge is 0.119 e. The van der Waals surface area contributed by atoms with Gasteiger partial charge in [-0.25, -0.2) is 0 Å². The maximum absolute atomic E-state index is 5.49. The average molecular weight is 186 g/mol. The Morgan fingerprint density at radius 2 is 1.64 bits per heavy atom. The van der Waals surface area contributed by atoms with Gasteiger partial charge in [0.1, 0.15) is 0 Å². The van der Waals surface area contributed by atoms with Gasteiger partial charge in [-0.15, -0.1) is 6.42 Å². The van der Waals surface area contributed by atoms with E-state index >= 15 is 0 Å². The molecule has 0 aliphatic carbocycles. The molecule has 0 unspecified atom stereocenters. The SMILES string of the molecule is C#CC(C)(C)c1ccc(C(C)C)cc1. The molecule has 0 nitrogen and oxygen atoms in total. The first kappa shape index (κ1) is 10.9. The highest BCUT2D eigenvalue weighted by molar-refractivity contribution is 5.34. The standard InChI is InChI=1S/C14H18/c1-6-14(4,5)13-9-7-12(8-10-13)11(2)3/h1,7-11H,2-5H3. The molecule has 0 atom stereocenters. The van der Waals surface area contributed by atoms with Gasteiger partial charge < -0.3 is 0 Å². The second-order valence-corrected chi connectivity index (χ2v) is 4.55. The topological polar surface area (TPSA) is 0 Å². The van der Waals surface area contributed by atoms with Crippen LogP contribution < -0.4 is 0 Å². The molecule has 0 fully saturated rings. The smallest absolute Gasteiger partial charge is 0.0504 e. The van der Waals surface area contributed by atoms with Crippen molar-refractivity contribution in [3.8, 4) is 12.3 Å². The maximum atomic E-state index is 5.49. The number of rotatable bonds is 2. The molecule has 0 amide bonds. The molecule has 0 saturated heterocycles. The van der Waals surface area contributed by atoms with Crippen LogP contribution in [0.4, 0.5) is 0 Å². The minimum atomic E-state index is -0.157. The van der Waals surface area contributed by atoms with Crippen LogP contribution in [0.25, 0.3) is 0 Å². The summed E-state index contributed by atoms with van der Waals surface area (Å²) >= 11 is 0. The van der Waals surface area contributed by atoms with Gasteiger partial charge in [-0.1, -0.05) is 44.0 Å². The predicted molar refractivity (Wildman–Crippen MR) is 62.4 cm³/mol. The van der Waals surface area contributed by atoms with Crippen LogP contribution in [0.5, 0.6) is 0 Å². The zero-order chi connectivity index (χ0) is 10.8. The molecule has 0 spiro atoms. The van der Waals surface area contributed by atoms with Crippen LogP contribution >= 0.6 is 0 Å². The van der Waals surface area contributed by atoms with Gasteiger partial charge in [0.05, 0.1) is 5.41 Å². The molecule has 1 aromatic rings. The fourth-order valence-corrected chi connectivity index (χ4v) is 1.37. The zero-order valence-corrected chi connectivity index (χ0v) is 9.46. The van der Waals surface area contributed by atoms with Crippen LogP contribution in [0, 0.1) is 12.3 Å². The van der Waals surface area contributed by atoms with Gasteiger partial charge in [0.15, 0.2) is 0 Å². The summed E-state index contributed by atoms with van der Waals surface area (Å²) in [4.78, 5) is 0. The van der Waals surface area contributed by atoms with E-state index in [9.17, 15) is 0 Å². The van der Waals surface area contributed by atoms with E-state index in [2.05, 4.69) is 57.9 Å². The quantitative estimate of drug-likeness (QED) is 0.617. The van der Waals surface area contributed by atoms with Gasteiger partial charge in [0.25, 0.3) is 0 Å². The van der Waals surface area contributed by atoms with E-state index in [-0.39, 0.29) is 5.41 Å². The summed E-state index contributed by atoms with van der Waals surface area (Å²) in [5.41, 5.74) is 2.42. The molecule has 0 aromatic heterocycles. The molecule has 1 rings (SSSR count). The van der Waals surface area contributed by atoms with Crippen LogP contribution in [0.3, 0.4) is 0 Å². The summed E-state index contributed by atoms with van der Waals surface area (Å²) in [6, 6.07) is 8.60. The molecule has 0 aliphatic heterocycles. The van der Waals surface area contributed by atoms with E-state index in [1.165, 1.54) is 11.1 Å². The Balaban J connectivity index is 3.01. The lowest BCUT2D eigenvalue weighted by molar-refractivity contribution is 0.698. The molecular formula is C14H18. The van der Waals surface area contributed by atoms with Crippen LogP contribution in [0.2, 0.25) is 0 Å². The molecular weight excluding hydrogens is 168 g/mol. The van der Waals surface area contributed by atoms with Crippen molar-refractivity contribution in [3.63, 3.8) is 0 Å². The first-order chi connectivity index (χ1) is 6.47. The van der Waals surface area contributed by atoms with E-state index in [4.69, 9.17) is 6.42 Å². The zero-order valence-electron chi connectivity index (χ0n) is 9.46. The average Bonchev–Trinajstić information content (AvgIpc) is 2.18. The van der Waals surface area contributed by atoms with Crippen molar-refractivity contribution in [3.05, 3.63) is 35.4 Å². The first-order valence-corrected chi connectivity index (χ1v) is 5.05. The third kappa shape index (κ3) is 2.17. The highest BCUT2D eigenvalue weighted by Gasteiger charge is 2.16. The maximum Gasteiger partial charge on any atom is 0.0504 e. The third-order valence-corrected chi connectivity index (χ3v) is 2.66. The summed E-state index contributed by atoms with van der Waals surface area (Å²) in [7, 11) is 0. The van der Waals surface area contributed by atoms with Gasteiger partial charge in [-0.3, -0.25) is 0 Å². The first-order valence-electron chi connectivity index (χ1n) is 5.05. The van der Waals surface area contributed by atoms with Gasteiger partial charge in [-0.05, 0) is 30.9 Å². The van der Waals surface area contributed by atoms with Gasteiger partial charge in [0.2, 0.25) is 0 Å². The fourth-order valence-electron chi connectivity index (χ4n) is 1.37. The number of hydrogen-bond acceptors (Lipinski definition) is 0. The number of hydrogen-bond donors (Lipinski definition) is 0. The summed E-state index contributed by atoms with van der Waals surface area (Å²) in [5.74, 6) is 3.39. The van der Waals surface area contributed by atoms with Gasteiger partial charge in [-0.2, -0.15) is 0 Å². The van der Waals surface area contributed by atoms with E-state index < -0.39 is 0 Å². The molecule has 0 heterocycles. The molecule has 0 N–H and O–H groups in total. The minimum absolute atomic E-state index is 0.157. The summed E-state index contributed by atoms with van der Waals surface area (Å²) < 4.78 is 0. The Morgan fingerprint density at radius 1 is 1.14 bits per heavy atom. The highest BCUT2D eigenvalue weighted by atomic mass is 14.2. The molecule has 14 heavy (non-hydrogen) atoms. The number of terminal acetylenes is 1. The lowest BCUT2D eigenvalue weighted by Crippen LogP contribution is -2.13. The van der Waals surface area contributed by atoms with Crippen molar-refractivity contribution in [2.24, 2.45) is 0 Å². The molecule has 0 saturated carbocycles. The fraction of sp³-hybridized carbons (Fsp3) is 0.429. The Labute approximate surface area is 87.4 Å². The molecule has 0 bridgehead atoms. The van der Waals surface area contributed by atoms with Crippen molar-refractivity contribution >= 4 is 0 Å². The Morgan fingerprint density at radius 3 is 2.00 bits per heavy atom. The lowest BCUT2D eigenvalue weighted by Gasteiger charge is -2.18. The van der Waals surface area contributed by atoms with Crippen LogP contribution in [0.15, 0.2) is 24.3 Å². The number of benzene rings is 1. The molecule has 0 radical (unpaired) electrons. The monoisotopic (exact) mass is 186 g/mol. The van der Waals surface area contributed by atoms with E-state index in [1.807, 2.05) is 0 Å². The van der Waals surface area contributed by atoms with Gasteiger partial charge >= 0.3 is 0 Å². The van der Waals surface area contributed by atoms with Crippen LogP contribution in [0.1, 0.15) is 44.7 Å². The Kier molecular flexibility index (Phi) is 3.01. The minimum Gasteiger partial charge on any atom is -0.119 e. The van der Waals surface area contributed by atoms with Crippen molar-refractivity contribution in [1.29, 1.82) is 0 Å². The van der Waals surface area contributed by atoms with Crippen molar-refractivity contribution in [2.45, 2.75) is 39.0 Å². The summed E-state index contributed by atoms with van der Waals surface area (Å²) in [6.45, 7) is 8.53. The highest BCUT2D eigenvalue weighted by Crippen LogP contribution is 2.24. The summed E-state index contributed by atoms with van der Waals surface area (Å²) in [5, 5.41) is 0. The lowest BCUT2D eigenvalue weighted by atomic mass is 9.85. The van der Waals surface area contributed by atoms with Gasteiger partial charge in [0, 0.05) is 0 Å². The van der Waals surface area contributed by atoms with Crippen molar-refractivity contribution in [2.75, 3.05) is 0 Å². The second-order valence-electron chi connectivity index (χ2n) is 4.55. The van der Waals surface area contributed by atoms with Crippen molar-refractivity contribution < 1.29 is 0 Å². The second kappa shape index (κ2) is 3.88. The Bertz CT molecular complexity index is 333. The summed E-state index contributed by atoms with van der Waals surface area (Å²) in [6.07, 6.45) is 5.49. The molecule has 74 valence electrons. The van der Waals surface area contributed by atoms with Crippen LogP contribution in [-0.2, 0) is 5.41 Å².